The lowest BCUT2D eigenvalue weighted by atomic mass is 9.84. The molecule has 136 valence electrons. The summed E-state index contributed by atoms with van der Waals surface area (Å²) in [5.41, 5.74) is 2.67. The van der Waals surface area contributed by atoms with Gasteiger partial charge in [0.1, 0.15) is 0 Å². The van der Waals surface area contributed by atoms with Crippen molar-refractivity contribution in [3.05, 3.63) is 35.4 Å². The van der Waals surface area contributed by atoms with Crippen molar-refractivity contribution >= 4 is 5.91 Å². The van der Waals surface area contributed by atoms with Gasteiger partial charge < -0.3 is 10.0 Å². The van der Waals surface area contributed by atoms with E-state index in [0.717, 1.165) is 64.7 Å². The van der Waals surface area contributed by atoms with Gasteiger partial charge in [-0.2, -0.15) is 0 Å². The summed E-state index contributed by atoms with van der Waals surface area (Å²) in [6, 6.07) is 8.70. The number of carbonyl (C=O) groups excluding carboxylic acids is 1. The lowest BCUT2D eigenvalue weighted by Crippen LogP contribution is -2.52. The summed E-state index contributed by atoms with van der Waals surface area (Å²) in [4.78, 5) is 17.2. The van der Waals surface area contributed by atoms with E-state index in [1.54, 1.807) is 0 Å². The van der Waals surface area contributed by atoms with Crippen LogP contribution in [0.5, 0.6) is 0 Å². The molecule has 0 bridgehead atoms. The van der Waals surface area contributed by atoms with E-state index in [1.807, 2.05) is 0 Å². The van der Waals surface area contributed by atoms with Gasteiger partial charge in [0.25, 0.3) is 0 Å². The van der Waals surface area contributed by atoms with Gasteiger partial charge in [-0.15, -0.1) is 0 Å². The van der Waals surface area contributed by atoms with E-state index in [0.29, 0.717) is 5.91 Å². The third kappa shape index (κ3) is 3.61. The molecule has 0 aromatic heterocycles. The molecule has 2 heterocycles. The van der Waals surface area contributed by atoms with Crippen molar-refractivity contribution in [2.75, 3.05) is 26.2 Å². The number of amides is 1. The fourth-order valence-electron chi connectivity index (χ4n) is 4.90. The molecule has 2 atom stereocenters. The molecule has 4 rings (SSSR count). The average molecular weight is 342 g/mol. The van der Waals surface area contributed by atoms with E-state index in [4.69, 9.17) is 0 Å². The van der Waals surface area contributed by atoms with Crippen LogP contribution in [0, 0.1) is 5.92 Å². The maximum atomic E-state index is 12.7. The van der Waals surface area contributed by atoms with Crippen LogP contribution in [0.3, 0.4) is 0 Å². The number of aliphatic hydroxyl groups is 1. The Morgan fingerprint density at radius 2 is 1.56 bits per heavy atom. The normalized spacial score (nSPS) is 28.6. The first-order chi connectivity index (χ1) is 12.2. The van der Waals surface area contributed by atoms with E-state index < -0.39 is 0 Å². The molecule has 1 N–H and O–H groups in total. The summed E-state index contributed by atoms with van der Waals surface area (Å²) in [5, 5.41) is 10.6. The Morgan fingerprint density at radius 1 is 0.920 bits per heavy atom. The molecule has 0 unspecified atom stereocenters. The highest BCUT2D eigenvalue weighted by atomic mass is 16.3. The number of hydrogen-bond donors (Lipinski definition) is 1. The van der Waals surface area contributed by atoms with Gasteiger partial charge in [-0.05, 0) is 62.7 Å². The van der Waals surface area contributed by atoms with Gasteiger partial charge in [-0.3, -0.25) is 9.69 Å². The van der Waals surface area contributed by atoms with Crippen molar-refractivity contribution in [1.82, 2.24) is 9.80 Å². The van der Waals surface area contributed by atoms with Crippen molar-refractivity contribution in [2.24, 2.45) is 5.92 Å². The number of benzene rings is 1. The first-order valence-corrected chi connectivity index (χ1v) is 10.00. The smallest absolute Gasteiger partial charge is 0.225 e. The molecule has 0 radical (unpaired) electrons. The Balaban J connectivity index is 1.35. The Hall–Kier alpha value is -1.39. The molecule has 2 fully saturated rings. The maximum Gasteiger partial charge on any atom is 0.225 e. The average Bonchev–Trinajstić information content (AvgIpc) is 2.68. The number of rotatable bonds is 2. The second kappa shape index (κ2) is 7.46. The highest BCUT2D eigenvalue weighted by Crippen LogP contribution is 2.29. The van der Waals surface area contributed by atoms with Crippen LogP contribution in [0.2, 0.25) is 0 Å². The van der Waals surface area contributed by atoms with Crippen LogP contribution < -0.4 is 0 Å². The molecule has 4 nitrogen and oxygen atoms in total. The van der Waals surface area contributed by atoms with Gasteiger partial charge >= 0.3 is 0 Å². The first kappa shape index (κ1) is 17.0. The quantitative estimate of drug-likeness (QED) is 0.896. The molecule has 2 saturated heterocycles. The molecule has 25 heavy (non-hydrogen) atoms. The largest absolute Gasteiger partial charge is 0.391 e. The van der Waals surface area contributed by atoms with Crippen LogP contribution in [-0.2, 0) is 17.6 Å². The van der Waals surface area contributed by atoms with Gasteiger partial charge in [-0.25, -0.2) is 0 Å². The lowest BCUT2D eigenvalue weighted by molar-refractivity contribution is -0.138. The monoisotopic (exact) mass is 342 g/mol. The number of hydrogen-bond acceptors (Lipinski definition) is 3. The van der Waals surface area contributed by atoms with E-state index in [-0.39, 0.29) is 18.1 Å². The number of carbonyl (C=O) groups is 1. The van der Waals surface area contributed by atoms with Crippen LogP contribution in [0.25, 0.3) is 0 Å². The molecule has 1 amide bonds. The van der Waals surface area contributed by atoms with E-state index in [1.165, 1.54) is 17.5 Å². The van der Waals surface area contributed by atoms with Crippen LogP contribution in [0.4, 0.5) is 0 Å². The third-order valence-electron chi connectivity index (χ3n) is 6.44. The van der Waals surface area contributed by atoms with Gasteiger partial charge in [0.05, 0.1) is 6.10 Å². The molecular weight excluding hydrogens is 312 g/mol. The topological polar surface area (TPSA) is 43.8 Å². The van der Waals surface area contributed by atoms with Crippen molar-refractivity contribution in [3.8, 4) is 0 Å². The standard InChI is InChI=1S/C21H30N2O2/c24-20-15-18-7-3-2-6-17(18)14-19(20)22-12-8-16(9-13-22)21(25)23-10-4-1-5-11-23/h2-3,6-7,16,19-20,24H,1,4-5,8-15H2/t19-,20-/m1/s1. The second-order valence-electron chi connectivity index (χ2n) is 8.01. The summed E-state index contributed by atoms with van der Waals surface area (Å²) < 4.78 is 0. The molecule has 3 aliphatic rings. The first-order valence-electron chi connectivity index (χ1n) is 10.00. The maximum absolute atomic E-state index is 12.7. The van der Waals surface area contributed by atoms with Gasteiger partial charge in [-0.1, -0.05) is 24.3 Å². The van der Waals surface area contributed by atoms with Crippen LogP contribution >= 0.6 is 0 Å². The predicted molar refractivity (Wildman–Crippen MR) is 98.4 cm³/mol. The Morgan fingerprint density at radius 3 is 2.24 bits per heavy atom. The number of likely N-dealkylation sites (tertiary alicyclic amines) is 2. The molecule has 0 spiro atoms. The third-order valence-corrected chi connectivity index (χ3v) is 6.44. The number of fused-ring (bicyclic) bond motifs is 1. The zero-order valence-electron chi connectivity index (χ0n) is 15.1. The highest BCUT2D eigenvalue weighted by Gasteiger charge is 2.36. The predicted octanol–water partition coefficient (Wildman–Crippen LogP) is 2.24. The fourth-order valence-corrected chi connectivity index (χ4v) is 4.90. The zero-order chi connectivity index (χ0) is 17.2. The van der Waals surface area contributed by atoms with Crippen molar-refractivity contribution in [3.63, 3.8) is 0 Å². The summed E-state index contributed by atoms with van der Waals surface area (Å²) in [6.07, 6.45) is 6.89. The molecule has 1 aromatic carbocycles. The van der Waals surface area contributed by atoms with Crippen LogP contribution in [0.15, 0.2) is 24.3 Å². The minimum atomic E-state index is -0.288. The van der Waals surface area contributed by atoms with Gasteiger partial charge in [0.2, 0.25) is 5.91 Å². The van der Waals surface area contributed by atoms with Crippen molar-refractivity contribution < 1.29 is 9.90 Å². The molecular formula is C21H30N2O2. The number of piperidine rings is 2. The summed E-state index contributed by atoms with van der Waals surface area (Å²) in [7, 11) is 0. The Labute approximate surface area is 150 Å². The second-order valence-corrected chi connectivity index (χ2v) is 8.01. The lowest BCUT2D eigenvalue weighted by Gasteiger charge is -2.42. The minimum absolute atomic E-state index is 0.197. The summed E-state index contributed by atoms with van der Waals surface area (Å²) >= 11 is 0. The highest BCUT2D eigenvalue weighted by molar-refractivity contribution is 5.79. The SMILES string of the molecule is O=C(C1CCN([C@@H]2Cc3ccccc3C[C@H]2O)CC1)N1CCCCC1. The number of aliphatic hydroxyl groups excluding tert-OH is 1. The van der Waals surface area contributed by atoms with E-state index in [2.05, 4.69) is 34.1 Å². The molecule has 1 aromatic rings. The molecule has 1 aliphatic carbocycles. The van der Waals surface area contributed by atoms with Crippen LogP contribution in [0.1, 0.15) is 43.2 Å². The molecule has 4 heteroatoms. The summed E-state index contributed by atoms with van der Waals surface area (Å²) in [5.74, 6) is 0.580. The van der Waals surface area contributed by atoms with E-state index in [9.17, 15) is 9.90 Å². The Kier molecular flexibility index (Phi) is 5.09. The van der Waals surface area contributed by atoms with Gasteiger partial charge in [0, 0.05) is 31.5 Å². The zero-order valence-corrected chi connectivity index (χ0v) is 15.1. The molecule has 0 saturated carbocycles. The van der Waals surface area contributed by atoms with Gasteiger partial charge in [0.15, 0.2) is 0 Å². The summed E-state index contributed by atoms with van der Waals surface area (Å²) in [6.45, 7) is 3.79. The fraction of sp³-hybridized carbons (Fsp3) is 0.667. The number of nitrogens with zero attached hydrogens (tertiary/aromatic N) is 2. The van der Waals surface area contributed by atoms with Crippen molar-refractivity contribution in [2.45, 2.75) is 57.1 Å². The molecule has 2 aliphatic heterocycles. The van der Waals surface area contributed by atoms with E-state index >= 15 is 0 Å². The van der Waals surface area contributed by atoms with Crippen LogP contribution in [-0.4, -0.2) is 59.1 Å². The van der Waals surface area contributed by atoms with Crippen molar-refractivity contribution in [1.29, 1.82) is 0 Å². The minimum Gasteiger partial charge on any atom is -0.391 e. The Bertz CT molecular complexity index is 604.